The van der Waals surface area contributed by atoms with Gasteiger partial charge in [0.2, 0.25) is 5.43 Å². The molecule has 0 spiro atoms. The Morgan fingerprint density at radius 3 is 2.35 bits per heavy atom. The fourth-order valence-electron chi connectivity index (χ4n) is 3.15. The first kappa shape index (κ1) is 16.9. The van der Waals surface area contributed by atoms with Gasteiger partial charge in [-0.05, 0) is 49.5 Å². The third kappa shape index (κ3) is 3.05. The minimum absolute atomic E-state index is 0.0674. The highest BCUT2D eigenvalue weighted by Gasteiger charge is 2.34. The Bertz CT molecular complexity index is 728. The Balaban J connectivity index is 1.96. The van der Waals surface area contributed by atoms with Gasteiger partial charge in [0.15, 0.2) is 0 Å². The molecule has 1 aromatic rings. The normalized spacial score (nSPS) is 28.0. The molecule has 0 aromatic carbocycles. The molecule has 0 radical (unpaired) electrons. The molecule has 1 aliphatic heterocycles. The Morgan fingerprint density at radius 1 is 1.26 bits per heavy atom. The summed E-state index contributed by atoms with van der Waals surface area (Å²) >= 11 is 3.35. The largest absolute Gasteiger partial charge is 0.346 e. The van der Waals surface area contributed by atoms with E-state index >= 15 is 0 Å². The van der Waals surface area contributed by atoms with Gasteiger partial charge >= 0.3 is 0 Å². The predicted molar refractivity (Wildman–Crippen MR) is 94.4 cm³/mol. The molecule has 3 rings (SSSR count). The summed E-state index contributed by atoms with van der Waals surface area (Å²) in [4.78, 5) is 27.1. The number of pyridine rings is 1. The van der Waals surface area contributed by atoms with Gasteiger partial charge in [0.25, 0.3) is 5.91 Å². The summed E-state index contributed by atoms with van der Waals surface area (Å²) in [6.07, 6.45) is 3.88. The molecule has 2 atom stereocenters. The zero-order chi connectivity index (χ0) is 16.9. The van der Waals surface area contributed by atoms with Crippen molar-refractivity contribution in [2.45, 2.75) is 50.2 Å². The predicted octanol–water partition coefficient (Wildman–Crippen LogP) is 2.24. The van der Waals surface area contributed by atoms with Crippen LogP contribution < -0.4 is 5.43 Å². The number of rotatable bonds is 2. The van der Waals surface area contributed by atoms with Gasteiger partial charge in [-0.2, -0.15) is 0 Å². The van der Waals surface area contributed by atoms with Crippen molar-refractivity contribution in [3.05, 3.63) is 32.2 Å². The van der Waals surface area contributed by atoms with Crippen molar-refractivity contribution in [1.82, 2.24) is 9.47 Å². The van der Waals surface area contributed by atoms with Crippen LogP contribution in [0.15, 0.2) is 15.5 Å². The molecule has 2 heterocycles. The van der Waals surface area contributed by atoms with E-state index in [4.69, 9.17) is 0 Å². The zero-order valence-corrected chi connectivity index (χ0v) is 15.9. The maximum Gasteiger partial charge on any atom is 0.259 e. The summed E-state index contributed by atoms with van der Waals surface area (Å²) in [5.74, 6) is -0.250. The minimum Gasteiger partial charge on any atom is -0.346 e. The van der Waals surface area contributed by atoms with Crippen molar-refractivity contribution in [1.29, 1.82) is 0 Å². The first-order valence-electron chi connectivity index (χ1n) is 7.91. The number of hydrogen-bond donors (Lipinski definition) is 0. The molecule has 1 saturated heterocycles. The van der Waals surface area contributed by atoms with E-state index in [2.05, 4.69) is 15.9 Å². The van der Waals surface area contributed by atoms with Crippen LogP contribution in [0.3, 0.4) is 0 Å². The van der Waals surface area contributed by atoms with Gasteiger partial charge in [0.1, 0.15) is 5.56 Å². The Morgan fingerprint density at radius 2 is 1.83 bits per heavy atom. The van der Waals surface area contributed by atoms with Crippen molar-refractivity contribution >= 4 is 32.6 Å². The van der Waals surface area contributed by atoms with Gasteiger partial charge in [-0.3, -0.25) is 13.8 Å². The van der Waals surface area contributed by atoms with Crippen LogP contribution >= 0.6 is 15.9 Å². The molecule has 2 fully saturated rings. The van der Waals surface area contributed by atoms with Gasteiger partial charge in [-0.15, -0.1) is 0 Å². The second-order valence-corrected chi connectivity index (χ2v) is 9.63. The highest BCUT2D eigenvalue weighted by atomic mass is 79.9. The van der Waals surface area contributed by atoms with E-state index in [9.17, 15) is 13.8 Å². The summed E-state index contributed by atoms with van der Waals surface area (Å²) in [7, 11) is -0.925. The average Bonchev–Trinajstić information content (AvgIpc) is 3.34. The highest BCUT2D eigenvalue weighted by molar-refractivity contribution is 9.10. The fourth-order valence-corrected chi connectivity index (χ4v) is 5.01. The fraction of sp³-hybridized carbons (Fsp3) is 0.625. The molecule has 126 valence electrons. The summed E-state index contributed by atoms with van der Waals surface area (Å²) in [6.45, 7) is 6.54. The molecule has 1 saturated carbocycles. The second kappa shape index (κ2) is 6.16. The number of halogens is 1. The van der Waals surface area contributed by atoms with Crippen LogP contribution in [0.4, 0.5) is 0 Å². The zero-order valence-electron chi connectivity index (χ0n) is 13.5. The third-order valence-electron chi connectivity index (χ3n) is 4.62. The van der Waals surface area contributed by atoms with Crippen LogP contribution in [0.1, 0.15) is 48.8 Å². The van der Waals surface area contributed by atoms with E-state index in [1.165, 1.54) is 0 Å². The smallest absolute Gasteiger partial charge is 0.259 e. The monoisotopic (exact) mass is 400 g/mol. The molecule has 1 amide bonds. The quantitative estimate of drug-likeness (QED) is 0.764. The highest BCUT2D eigenvalue weighted by Crippen LogP contribution is 2.36. The summed E-state index contributed by atoms with van der Waals surface area (Å²) < 4.78 is 14.6. The molecule has 5 nitrogen and oxygen atoms in total. The van der Waals surface area contributed by atoms with E-state index in [0.717, 1.165) is 18.5 Å². The number of carbonyl (C=O) groups is 1. The second-order valence-electron chi connectivity index (χ2n) is 6.57. The van der Waals surface area contributed by atoms with Crippen molar-refractivity contribution in [2.75, 3.05) is 13.1 Å². The Labute approximate surface area is 146 Å². The molecule has 1 aliphatic carbocycles. The van der Waals surface area contributed by atoms with Gasteiger partial charge in [-0.25, -0.2) is 0 Å². The Hall–Kier alpha value is -0.950. The lowest BCUT2D eigenvalue weighted by Gasteiger charge is -2.34. The number of amides is 1. The van der Waals surface area contributed by atoms with Crippen LogP contribution in [0.25, 0.3) is 0 Å². The lowest BCUT2D eigenvalue weighted by Crippen LogP contribution is -2.50. The Kier molecular flexibility index (Phi) is 4.53. The van der Waals surface area contributed by atoms with Crippen molar-refractivity contribution in [2.24, 2.45) is 0 Å². The van der Waals surface area contributed by atoms with E-state index in [1.54, 1.807) is 11.1 Å². The van der Waals surface area contributed by atoms with E-state index in [-0.39, 0.29) is 27.4 Å². The van der Waals surface area contributed by atoms with E-state index in [1.807, 2.05) is 25.3 Å². The minimum atomic E-state index is -0.925. The maximum atomic E-state index is 12.9. The maximum absolute atomic E-state index is 12.9. The molecule has 2 aliphatic rings. The number of aromatic nitrogens is 1. The van der Waals surface area contributed by atoms with Crippen molar-refractivity contribution in [3.63, 3.8) is 0 Å². The lowest BCUT2D eigenvalue weighted by atomic mass is 10.2. The van der Waals surface area contributed by atoms with Crippen LogP contribution in [0.2, 0.25) is 0 Å². The molecule has 23 heavy (non-hydrogen) atoms. The first-order chi connectivity index (χ1) is 10.8. The molecular formula is C16H21BrN2O3S. The van der Waals surface area contributed by atoms with E-state index in [0.29, 0.717) is 23.6 Å². The summed E-state index contributed by atoms with van der Waals surface area (Å²) in [5, 5.41) is -0.135. The number of hydrogen-bond acceptors (Lipinski definition) is 3. The number of nitrogens with zero attached hydrogens (tertiary/aromatic N) is 2. The van der Waals surface area contributed by atoms with E-state index < -0.39 is 10.8 Å². The van der Waals surface area contributed by atoms with Crippen LogP contribution in [-0.2, 0) is 10.8 Å². The lowest BCUT2D eigenvalue weighted by molar-refractivity contribution is 0.0749. The van der Waals surface area contributed by atoms with Crippen LogP contribution in [0.5, 0.6) is 0 Å². The molecule has 0 bridgehead atoms. The van der Waals surface area contributed by atoms with Gasteiger partial charge in [-0.1, -0.05) is 0 Å². The van der Waals surface area contributed by atoms with Gasteiger partial charge < -0.3 is 9.47 Å². The number of carbonyl (C=O) groups excluding carboxylic acids is 1. The molecule has 0 N–H and O–H groups in total. The molecular weight excluding hydrogens is 380 g/mol. The molecule has 2 unspecified atom stereocenters. The standard InChI is InChI=1S/C16H21BrN2O3S/c1-9-6-18(7-10(2)23(9)22)16(21)13-8-19(12-4-5-12)11(3)14(17)15(13)20/h8-10,12H,4-7H2,1-3H3. The van der Waals surface area contributed by atoms with Crippen LogP contribution in [-0.4, -0.2) is 43.2 Å². The summed E-state index contributed by atoms with van der Waals surface area (Å²) in [5.41, 5.74) is 0.827. The van der Waals surface area contributed by atoms with Crippen molar-refractivity contribution in [3.8, 4) is 0 Å². The van der Waals surface area contributed by atoms with Gasteiger partial charge in [0, 0.05) is 52.3 Å². The van der Waals surface area contributed by atoms with Crippen molar-refractivity contribution < 1.29 is 9.00 Å². The average molecular weight is 401 g/mol. The first-order valence-corrected chi connectivity index (χ1v) is 9.98. The van der Waals surface area contributed by atoms with Gasteiger partial charge in [0.05, 0.1) is 4.47 Å². The van der Waals surface area contributed by atoms with Crippen LogP contribution in [0, 0.1) is 6.92 Å². The summed E-state index contributed by atoms with van der Waals surface area (Å²) in [6, 6.07) is 0.394. The topological polar surface area (TPSA) is 59.4 Å². The molecule has 1 aromatic heterocycles. The SMILES string of the molecule is Cc1c(Br)c(=O)c(C(=O)N2CC(C)S(=O)C(C)C2)cn1C1CC1. The molecule has 7 heteroatoms. The third-order valence-corrected chi connectivity index (χ3v) is 7.44.